The van der Waals surface area contributed by atoms with Crippen molar-refractivity contribution in [2.45, 2.75) is 13.0 Å². The molecule has 96 valence electrons. The Balaban J connectivity index is 3.07. The van der Waals surface area contributed by atoms with E-state index < -0.39 is 13.0 Å². The number of para-hydroxylation sites is 1. The highest BCUT2D eigenvalue weighted by molar-refractivity contribution is 6.33. The second kappa shape index (κ2) is 6.74. The number of aliphatic hydroxyl groups excluding tert-OH is 1. The van der Waals surface area contributed by atoms with Crippen molar-refractivity contribution in [3.05, 3.63) is 28.8 Å². The first kappa shape index (κ1) is 14.2. The SMILES string of the molecule is NCc1cccc(Cl)c1N(CCO)CC(F)F. The Bertz CT molecular complexity index is 363. The molecule has 0 aliphatic heterocycles. The number of rotatable bonds is 6. The minimum atomic E-state index is -2.50. The van der Waals surface area contributed by atoms with Crippen molar-refractivity contribution >= 4 is 17.3 Å². The molecule has 1 aromatic carbocycles. The molecular weight excluding hydrogens is 250 g/mol. The lowest BCUT2D eigenvalue weighted by atomic mass is 10.1. The molecule has 0 aliphatic carbocycles. The Morgan fingerprint density at radius 1 is 1.41 bits per heavy atom. The highest BCUT2D eigenvalue weighted by atomic mass is 35.5. The van der Waals surface area contributed by atoms with E-state index in [1.165, 1.54) is 4.90 Å². The normalized spacial score (nSPS) is 10.9. The van der Waals surface area contributed by atoms with Crippen molar-refractivity contribution < 1.29 is 13.9 Å². The number of anilines is 1. The molecule has 0 heterocycles. The van der Waals surface area contributed by atoms with E-state index in [1.54, 1.807) is 18.2 Å². The number of benzene rings is 1. The Labute approximate surface area is 104 Å². The van der Waals surface area contributed by atoms with Crippen molar-refractivity contribution in [2.24, 2.45) is 5.73 Å². The summed E-state index contributed by atoms with van der Waals surface area (Å²) in [5, 5.41) is 9.27. The molecule has 0 bridgehead atoms. The lowest BCUT2D eigenvalue weighted by Crippen LogP contribution is -2.32. The third kappa shape index (κ3) is 3.80. The van der Waals surface area contributed by atoms with Crippen LogP contribution in [-0.2, 0) is 6.54 Å². The fraction of sp³-hybridized carbons (Fsp3) is 0.455. The number of halogens is 3. The maximum absolute atomic E-state index is 12.5. The molecule has 6 heteroatoms. The van der Waals surface area contributed by atoms with E-state index in [9.17, 15) is 8.78 Å². The first-order chi connectivity index (χ1) is 8.10. The standard InChI is InChI=1S/C11H15ClF2N2O/c12-9-3-1-2-8(6-15)11(9)16(4-5-17)7-10(13)14/h1-3,10,17H,4-7,15H2. The molecule has 1 rings (SSSR count). The van der Waals surface area contributed by atoms with Crippen LogP contribution >= 0.6 is 11.6 Å². The average molecular weight is 265 g/mol. The van der Waals surface area contributed by atoms with E-state index in [1.807, 2.05) is 0 Å². The molecular formula is C11H15ClF2N2O. The van der Waals surface area contributed by atoms with Gasteiger partial charge in [0.1, 0.15) is 0 Å². The van der Waals surface area contributed by atoms with Gasteiger partial charge in [-0.15, -0.1) is 0 Å². The van der Waals surface area contributed by atoms with Crippen LogP contribution in [0.1, 0.15) is 5.56 Å². The van der Waals surface area contributed by atoms with E-state index in [4.69, 9.17) is 22.4 Å². The minimum Gasteiger partial charge on any atom is -0.395 e. The second-order valence-electron chi connectivity index (χ2n) is 3.51. The van der Waals surface area contributed by atoms with Gasteiger partial charge in [-0.1, -0.05) is 23.7 Å². The number of alkyl halides is 2. The molecule has 0 unspecified atom stereocenters. The maximum Gasteiger partial charge on any atom is 0.255 e. The number of nitrogens with two attached hydrogens (primary N) is 1. The third-order valence-electron chi connectivity index (χ3n) is 2.33. The van der Waals surface area contributed by atoms with Gasteiger partial charge in [0, 0.05) is 13.1 Å². The molecule has 3 nitrogen and oxygen atoms in total. The van der Waals surface area contributed by atoms with Gasteiger partial charge in [0.05, 0.1) is 23.9 Å². The van der Waals surface area contributed by atoms with Crippen LogP contribution in [-0.4, -0.2) is 31.2 Å². The van der Waals surface area contributed by atoms with Crippen LogP contribution in [0.5, 0.6) is 0 Å². The van der Waals surface area contributed by atoms with Crippen LogP contribution in [0.3, 0.4) is 0 Å². The van der Waals surface area contributed by atoms with Gasteiger partial charge in [0.25, 0.3) is 6.43 Å². The summed E-state index contributed by atoms with van der Waals surface area (Å²) in [5.41, 5.74) is 6.71. The lowest BCUT2D eigenvalue weighted by molar-refractivity contribution is 0.152. The van der Waals surface area contributed by atoms with Gasteiger partial charge in [0.2, 0.25) is 0 Å². The monoisotopic (exact) mass is 264 g/mol. The fourth-order valence-corrected chi connectivity index (χ4v) is 1.97. The van der Waals surface area contributed by atoms with Crippen LogP contribution in [0.2, 0.25) is 5.02 Å². The molecule has 0 saturated carbocycles. The van der Waals surface area contributed by atoms with Crippen LogP contribution in [0.4, 0.5) is 14.5 Å². The summed E-state index contributed by atoms with van der Waals surface area (Å²) >= 11 is 6.00. The summed E-state index contributed by atoms with van der Waals surface area (Å²) in [6.45, 7) is -0.388. The van der Waals surface area contributed by atoms with Gasteiger partial charge in [-0.2, -0.15) is 0 Å². The second-order valence-corrected chi connectivity index (χ2v) is 3.92. The molecule has 0 aliphatic rings. The topological polar surface area (TPSA) is 49.5 Å². The van der Waals surface area contributed by atoms with Crippen LogP contribution in [0.15, 0.2) is 18.2 Å². The summed E-state index contributed by atoms with van der Waals surface area (Å²) in [4.78, 5) is 1.36. The van der Waals surface area contributed by atoms with Crippen molar-refractivity contribution in [2.75, 3.05) is 24.6 Å². The lowest BCUT2D eigenvalue weighted by Gasteiger charge is -2.26. The van der Waals surface area contributed by atoms with Crippen molar-refractivity contribution in [1.29, 1.82) is 0 Å². The summed E-state index contributed by atoms with van der Waals surface area (Å²) in [5.74, 6) is 0. The zero-order valence-corrected chi connectivity index (χ0v) is 10.00. The molecule has 0 fully saturated rings. The van der Waals surface area contributed by atoms with Gasteiger partial charge in [-0.25, -0.2) is 8.78 Å². The van der Waals surface area contributed by atoms with E-state index in [-0.39, 0.29) is 19.7 Å². The zero-order valence-electron chi connectivity index (χ0n) is 9.24. The van der Waals surface area contributed by atoms with Crippen molar-refractivity contribution in [3.8, 4) is 0 Å². The fourth-order valence-electron chi connectivity index (χ4n) is 1.66. The summed E-state index contributed by atoms with van der Waals surface area (Å²) in [7, 11) is 0. The Kier molecular flexibility index (Phi) is 5.61. The van der Waals surface area contributed by atoms with E-state index in [0.29, 0.717) is 16.3 Å². The molecule has 0 spiro atoms. The van der Waals surface area contributed by atoms with Crippen molar-refractivity contribution in [3.63, 3.8) is 0 Å². The minimum absolute atomic E-state index is 0.0983. The van der Waals surface area contributed by atoms with Gasteiger partial charge in [-0.3, -0.25) is 0 Å². The molecule has 0 atom stereocenters. The molecule has 3 N–H and O–H groups in total. The predicted molar refractivity (Wildman–Crippen MR) is 64.6 cm³/mol. The molecule has 17 heavy (non-hydrogen) atoms. The highest BCUT2D eigenvalue weighted by Crippen LogP contribution is 2.30. The molecule has 0 aromatic heterocycles. The Morgan fingerprint density at radius 3 is 2.65 bits per heavy atom. The van der Waals surface area contributed by atoms with Gasteiger partial charge < -0.3 is 15.7 Å². The number of hydrogen-bond acceptors (Lipinski definition) is 3. The van der Waals surface area contributed by atoms with Gasteiger partial charge in [0.15, 0.2) is 0 Å². The van der Waals surface area contributed by atoms with Gasteiger partial charge in [-0.05, 0) is 11.6 Å². The summed E-state index contributed by atoms with van der Waals surface area (Å²) in [6, 6.07) is 5.07. The quantitative estimate of drug-likeness (QED) is 0.825. The third-order valence-corrected chi connectivity index (χ3v) is 2.64. The maximum atomic E-state index is 12.5. The average Bonchev–Trinajstić information content (AvgIpc) is 2.27. The Morgan fingerprint density at radius 2 is 2.12 bits per heavy atom. The summed E-state index contributed by atoms with van der Waals surface area (Å²) in [6.07, 6.45) is -2.50. The van der Waals surface area contributed by atoms with Gasteiger partial charge >= 0.3 is 0 Å². The predicted octanol–water partition coefficient (Wildman–Crippen LogP) is 1.86. The molecule has 0 saturated heterocycles. The summed E-state index contributed by atoms with van der Waals surface area (Å²) < 4.78 is 24.9. The molecule has 1 aromatic rings. The van der Waals surface area contributed by atoms with E-state index in [2.05, 4.69) is 0 Å². The Hall–Kier alpha value is -0.910. The van der Waals surface area contributed by atoms with E-state index in [0.717, 1.165) is 0 Å². The van der Waals surface area contributed by atoms with E-state index >= 15 is 0 Å². The first-order valence-electron chi connectivity index (χ1n) is 5.21. The number of nitrogens with zero attached hydrogens (tertiary/aromatic N) is 1. The van der Waals surface area contributed by atoms with Crippen molar-refractivity contribution in [1.82, 2.24) is 0 Å². The zero-order chi connectivity index (χ0) is 12.8. The first-order valence-corrected chi connectivity index (χ1v) is 5.59. The smallest absolute Gasteiger partial charge is 0.255 e. The van der Waals surface area contributed by atoms with Crippen LogP contribution in [0.25, 0.3) is 0 Å². The van der Waals surface area contributed by atoms with Crippen LogP contribution < -0.4 is 10.6 Å². The molecule has 0 radical (unpaired) electrons. The largest absolute Gasteiger partial charge is 0.395 e. The highest BCUT2D eigenvalue weighted by Gasteiger charge is 2.17. The van der Waals surface area contributed by atoms with Crippen LogP contribution in [0, 0.1) is 0 Å². The number of hydrogen-bond donors (Lipinski definition) is 2. The number of aliphatic hydroxyl groups is 1. The molecule has 0 amide bonds.